The molecule has 146 valence electrons. The molecule has 0 radical (unpaired) electrons. The Morgan fingerprint density at radius 3 is 2.46 bits per heavy atom. The molecule has 1 aromatic carbocycles. The first-order valence-electron chi connectivity index (χ1n) is 9.16. The molecule has 1 aliphatic heterocycles. The van der Waals surface area contributed by atoms with Gasteiger partial charge in [-0.3, -0.25) is 9.59 Å². The van der Waals surface area contributed by atoms with Crippen molar-refractivity contribution >= 4 is 24.2 Å². The molecule has 6 heteroatoms. The summed E-state index contributed by atoms with van der Waals surface area (Å²) in [7, 11) is 0. The van der Waals surface area contributed by atoms with Crippen LogP contribution in [0.2, 0.25) is 0 Å². The fourth-order valence-corrected chi connectivity index (χ4v) is 3.10. The Morgan fingerprint density at radius 2 is 1.88 bits per heavy atom. The lowest BCUT2D eigenvalue weighted by molar-refractivity contribution is -0.136. The van der Waals surface area contributed by atoms with E-state index in [1.165, 1.54) is 5.56 Å². The summed E-state index contributed by atoms with van der Waals surface area (Å²) >= 11 is 0. The number of halogens is 1. The van der Waals surface area contributed by atoms with Crippen LogP contribution >= 0.6 is 12.4 Å². The molecule has 2 amide bonds. The minimum Gasteiger partial charge on any atom is -0.347 e. The first-order valence-corrected chi connectivity index (χ1v) is 9.16. The third-order valence-electron chi connectivity index (χ3n) is 4.46. The maximum atomic E-state index is 12.7. The fourth-order valence-electron chi connectivity index (χ4n) is 3.10. The summed E-state index contributed by atoms with van der Waals surface area (Å²) < 4.78 is 0. The molecule has 1 unspecified atom stereocenters. The average molecular weight is 382 g/mol. The molecule has 0 aliphatic carbocycles. The second kappa shape index (κ2) is 9.93. The Bertz CT molecular complexity index is 596. The number of amides is 2. The van der Waals surface area contributed by atoms with Gasteiger partial charge in [-0.15, -0.1) is 12.4 Å². The van der Waals surface area contributed by atoms with E-state index >= 15 is 0 Å². The summed E-state index contributed by atoms with van der Waals surface area (Å²) in [5, 5.41) is 6.14. The van der Waals surface area contributed by atoms with Gasteiger partial charge in [0.05, 0.1) is 12.6 Å². The summed E-state index contributed by atoms with van der Waals surface area (Å²) in [5.41, 5.74) is 2.35. The smallest absolute Gasteiger partial charge is 0.242 e. The van der Waals surface area contributed by atoms with Crippen molar-refractivity contribution in [2.45, 2.75) is 46.6 Å². The number of carbonyl (C=O) groups excluding carboxylic acids is 2. The number of hydrogen-bond acceptors (Lipinski definition) is 3. The van der Waals surface area contributed by atoms with Crippen LogP contribution in [0.4, 0.5) is 0 Å². The van der Waals surface area contributed by atoms with Crippen LogP contribution in [0.25, 0.3) is 0 Å². The van der Waals surface area contributed by atoms with E-state index in [-0.39, 0.29) is 42.2 Å². The normalized spacial score (nSPS) is 17.4. The maximum Gasteiger partial charge on any atom is 0.242 e. The van der Waals surface area contributed by atoms with Gasteiger partial charge < -0.3 is 15.5 Å². The lowest BCUT2D eigenvalue weighted by atomic mass is 9.92. The predicted octanol–water partition coefficient (Wildman–Crippen LogP) is 2.70. The first-order chi connectivity index (χ1) is 11.8. The van der Waals surface area contributed by atoms with E-state index in [9.17, 15) is 9.59 Å². The van der Waals surface area contributed by atoms with Gasteiger partial charge in [0.25, 0.3) is 0 Å². The number of nitrogens with zero attached hydrogens (tertiary/aromatic N) is 1. The molecule has 0 aromatic heterocycles. The number of aryl methyl sites for hydroxylation is 1. The van der Waals surface area contributed by atoms with Crippen molar-refractivity contribution in [1.82, 2.24) is 15.5 Å². The second-order valence-electron chi connectivity index (χ2n) is 7.92. The number of carbonyl (C=O) groups is 2. The third kappa shape index (κ3) is 6.61. The highest BCUT2D eigenvalue weighted by atomic mass is 35.5. The molecule has 2 rings (SSSR count). The number of piperazine rings is 1. The molecular formula is C20H32ClN3O2. The maximum absolute atomic E-state index is 12.7. The van der Waals surface area contributed by atoms with Gasteiger partial charge in [0.1, 0.15) is 0 Å². The highest BCUT2D eigenvalue weighted by Crippen LogP contribution is 2.23. The molecule has 1 fully saturated rings. The van der Waals surface area contributed by atoms with Gasteiger partial charge in [0, 0.05) is 26.1 Å². The molecular weight excluding hydrogens is 350 g/mol. The number of hydrogen-bond donors (Lipinski definition) is 2. The van der Waals surface area contributed by atoms with Crippen molar-refractivity contribution in [3.8, 4) is 0 Å². The molecule has 1 saturated heterocycles. The summed E-state index contributed by atoms with van der Waals surface area (Å²) in [6, 6.07) is 8.48. The van der Waals surface area contributed by atoms with E-state index in [1.54, 1.807) is 0 Å². The van der Waals surface area contributed by atoms with Crippen molar-refractivity contribution in [2.24, 2.45) is 5.41 Å². The molecule has 2 N–H and O–H groups in total. The Morgan fingerprint density at radius 1 is 1.23 bits per heavy atom. The molecule has 1 atom stereocenters. The molecule has 0 spiro atoms. The van der Waals surface area contributed by atoms with Crippen LogP contribution < -0.4 is 10.6 Å². The lowest BCUT2D eigenvalue weighted by Crippen LogP contribution is -2.51. The van der Waals surface area contributed by atoms with Crippen molar-refractivity contribution < 1.29 is 9.59 Å². The van der Waals surface area contributed by atoms with Crippen LogP contribution in [0.1, 0.15) is 51.3 Å². The van der Waals surface area contributed by atoms with Crippen LogP contribution in [-0.2, 0) is 16.0 Å². The van der Waals surface area contributed by atoms with Crippen molar-refractivity contribution in [3.63, 3.8) is 0 Å². The zero-order chi connectivity index (χ0) is 18.4. The Hall–Kier alpha value is -1.59. The largest absolute Gasteiger partial charge is 0.347 e. The van der Waals surface area contributed by atoms with E-state index in [2.05, 4.69) is 41.8 Å². The van der Waals surface area contributed by atoms with Gasteiger partial charge in [-0.2, -0.15) is 0 Å². The van der Waals surface area contributed by atoms with E-state index in [0.29, 0.717) is 13.0 Å². The minimum atomic E-state index is -0.0776. The Labute approximate surface area is 163 Å². The van der Waals surface area contributed by atoms with Crippen molar-refractivity contribution in [2.75, 3.05) is 26.2 Å². The van der Waals surface area contributed by atoms with E-state index in [4.69, 9.17) is 0 Å². The Kier molecular flexibility index (Phi) is 8.57. The SMILES string of the molecule is CCc1ccc(C2CNCCN2C(=O)CNC(=O)CC(C)(C)C)cc1.Cl. The lowest BCUT2D eigenvalue weighted by Gasteiger charge is -2.36. The number of benzene rings is 1. The van der Waals surface area contributed by atoms with E-state index in [1.807, 2.05) is 25.7 Å². The summed E-state index contributed by atoms with van der Waals surface area (Å²) in [4.78, 5) is 26.5. The molecule has 1 aliphatic rings. The highest BCUT2D eigenvalue weighted by molar-refractivity contribution is 5.85. The van der Waals surface area contributed by atoms with E-state index in [0.717, 1.165) is 25.1 Å². The standard InChI is InChI=1S/C20H31N3O2.ClH/c1-5-15-6-8-16(9-7-15)17-13-21-10-11-23(17)19(25)14-22-18(24)12-20(2,3)4;/h6-9,17,21H,5,10-14H2,1-4H3,(H,22,24);1H. The molecule has 0 saturated carbocycles. The highest BCUT2D eigenvalue weighted by Gasteiger charge is 2.28. The molecule has 0 bridgehead atoms. The Balaban J connectivity index is 0.00000338. The topological polar surface area (TPSA) is 61.4 Å². The monoisotopic (exact) mass is 381 g/mol. The third-order valence-corrected chi connectivity index (χ3v) is 4.46. The molecule has 1 aromatic rings. The van der Waals surface area contributed by atoms with Gasteiger partial charge >= 0.3 is 0 Å². The molecule has 26 heavy (non-hydrogen) atoms. The number of rotatable bonds is 5. The van der Waals surface area contributed by atoms with Crippen LogP contribution in [-0.4, -0.2) is 42.9 Å². The van der Waals surface area contributed by atoms with Crippen molar-refractivity contribution in [3.05, 3.63) is 35.4 Å². The zero-order valence-corrected chi connectivity index (χ0v) is 17.1. The van der Waals surface area contributed by atoms with Crippen LogP contribution in [0, 0.1) is 5.41 Å². The molecule has 1 heterocycles. The van der Waals surface area contributed by atoms with Gasteiger partial charge in [0.15, 0.2) is 0 Å². The van der Waals surface area contributed by atoms with Crippen LogP contribution in [0.3, 0.4) is 0 Å². The summed E-state index contributed by atoms with van der Waals surface area (Å²) in [6.45, 7) is 10.4. The van der Waals surface area contributed by atoms with E-state index < -0.39 is 0 Å². The minimum absolute atomic E-state index is 0. The predicted molar refractivity (Wildman–Crippen MR) is 107 cm³/mol. The summed E-state index contributed by atoms with van der Waals surface area (Å²) in [6.07, 6.45) is 1.43. The zero-order valence-electron chi connectivity index (χ0n) is 16.3. The quantitative estimate of drug-likeness (QED) is 0.824. The van der Waals surface area contributed by atoms with Crippen LogP contribution in [0.5, 0.6) is 0 Å². The van der Waals surface area contributed by atoms with Crippen molar-refractivity contribution in [1.29, 1.82) is 0 Å². The van der Waals surface area contributed by atoms with Crippen LogP contribution in [0.15, 0.2) is 24.3 Å². The van der Waals surface area contributed by atoms with Gasteiger partial charge in [-0.25, -0.2) is 0 Å². The first kappa shape index (κ1) is 22.5. The molecule has 5 nitrogen and oxygen atoms in total. The van der Waals surface area contributed by atoms with Gasteiger partial charge in [-0.05, 0) is 23.0 Å². The summed E-state index contributed by atoms with van der Waals surface area (Å²) in [5.74, 6) is -0.0897. The number of nitrogens with one attached hydrogen (secondary N) is 2. The average Bonchev–Trinajstić information content (AvgIpc) is 2.58. The van der Waals surface area contributed by atoms with Gasteiger partial charge in [-0.1, -0.05) is 52.0 Å². The fraction of sp³-hybridized carbons (Fsp3) is 0.600. The second-order valence-corrected chi connectivity index (χ2v) is 7.92. The van der Waals surface area contributed by atoms with Gasteiger partial charge in [0.2, 0.25) is 11.8 Å².